The molecule has 0 saturated carbocycles. The molecule has 0 aliphatic carbocycles. The topological polar surface area (TPSA) is 100 Å². The molecule has 0 spiro atoms. The van der Waals surface area contributed by atoms with Crippen LogP contribution in [-0.4, -0.2) is 25.5 Å². The van der Waals surface area contributed by atoms with E-state index in [9.17, 15) is 14.9 Å². The number of nitrogens with one attached hydrogen (secondary N) is 2. The smallest absolute Gasteiger partial charge is 0.266 e. The number of aryl methyl sites for hydroxylation is 1. The highest BCUT2D eigenvalue weighted by Crippen LogP contribution is 2.29. The summed E-state index contributed by atoms with van der Waals surface area (Å²) in [6.45, 7) is 1.59. The number of carbonyl (C=O) groups excluding carboxylic acids is 2. The van der Waals surface area contributed by atoms with Crippen molar-refractivity contribution in [1.29, 1.82) is 5.26 Å². The fourth-order valence-corrected chi connectivity index (χ4v) is 3.25. The highest BCUT2D eigenvalue weighted by Gasteiger charge is 2.13. The first-order chi connectivity index (χ1) is 16.4. The number of rotatable bonds is 8. The Morgan fingerprint density at radius 1 is 1.03 bits per heavy atom. The Hall–Kier alpha value is -4.28. The van der Waals surface area contributed by atoms with E-state index in [-0.39, 0.29) is 18.1 Å². The van der Waals surface area contributed by atoms with Crippen LogP contribution < -0.4 is 20.1 Å². The van der Waals surface area contributed by atoms with Gasteiger partial charge in [0.1, 0.15) is 11.6 Å². The lowest BCUT2D eigenvalue weighted by Crippen LogP contribution is -2.20. The summed E-state index contributed by atoms with van der Waals surface area (Å²) in [4.78, 5) is 24.7. The Labute approximate surface area is 202 Å². The van der Waals surface area contributed by atoms with Crippen LogP contribution in [0.5, 0.6) is 11.5 Å². The molecule has 3 aromatic rings. The second kappa shape index (κ2) is 11.5. The molecule has 0 bridgehead atoms. The minimum Gasteiger partial charge on any atom is -0.493 e. The van der Waals surface area contributed by atoms with Crippen molar-refractivity contribution in [3.05, 3.63) is 88.5 Å². The largest absolute Gasteiger partial charge is 0.493 e. The third-order valence-corrected chi connectivity index (χ3v) is 4.95. The Morgan fingerprint density at radius 2 is 1.79 bits per heavy atom. The number of hydrogen-bond acceptors (Lipinski definition) is 5. The van der Waals surface area contributed by atoms with E-state index in [1.54, 1.807) is 55.5 Å². The average Bonchev–Trinajstić information content (AvgIpc) is 2.83. The molecule has 3 aromatic carbocycles. The number of halogens is 1. The van der Waals surface area contributed by atoms with Gasteiger partial charge in [-0.05, 0) is 66.6 Å². The molecule has 2 amide bonds. The van der Waals surface area contributed by atoms with Crippen molar-refractivity contribution in [1.82, 2.24) is 0 Å². The summed E-state index contributed by atoms with van der Waals surface area (Å²) in [5, 5.41) is 15.5. The van der Waals surface area contributed by atoms with E-state index in [1.807, 2.05) is 24.3 Å². The molecule has 3 rings (SSSR count). The van der Waals surface area contributed by atoms with E-state index in [1.165, 1.54) is 13.2 Å². The summed E-state index contributed by atoms with van der Waals surface area (Å²) < 4.78 is 10.9. The minimum atomic E-state index is -0.551. The molecule has 7 nitrogen and oxygen atoms in total. The number of nitriles is 1. The monoisotopic (exact) mass is 475 g/mol. The third-order valence-electron chi connectivity index (χ3n) is 4.72. The molecule has 0 aliphatic rings. The molecule has 0 unspecified atom stereocenters. The van der Waals surface area contributed by atoms with Crippen molar-refractivity contribution in [2.24, 2.45) is 0 Å². The second-order valence-electron chi connectivity index (χ2n) is 7.20. The lowest BCUT2D eigenvalue weighted by atomic mass is 10.1. The Kier molecular flexibility index (Phi) is 8.27. The zero-order valence-electron chi connectivity index (χ0n) is 18.6. The fraction of sp³-hybridized carbons (Fsp3) is 0.115. The number of hydrogen-bond donors (Lipinski definition) is 2. The number of nitrogens with zero attached hydrogens (tertiary/aromatic N) is 1. The van der Waals surface area contributed by atoms with Crippen LogP contribution in [0.2, 0.25) is 5.02 Å². The maximum absolute atomic E-state index is 12.6. The number of anilines is 2. The maximum atomic E-state index is 12.6. The normalized spacial score (nSPS) is 10.7. The number of ether oxygens (including phenoxy) is 2. The van der Waals surface area contributed by atoms with Gasteiger partial charge in [-0.25, -0.2) is 0 Å². The minimum absolute atomic E-state index is 0.0905. The van der Waals surface area contributed by atoms with Gasteiger partial charge < -0.3 is 20.1 Å². The highest BCUT2D eigenvalue weighted by molar-refractivity contribution is 6.30. The molecule has 0 saturated heterocycles. The number of benzene rings is 3. The van der Waals surface area contributed by atoms with Crippen LogP contribution in [0.15, 0.2) is 72.3 Å². The van der Waals surface area contributed by atoms with Crippen molar-refractivity contribution in [3.63, 3.8) is 0 Å². The Morgan fingerprint density at radius 3 is 2.47 bits per heavy atom. The van der Waals surface area contributed by atoms with Crippen LogP contribution in [0.1, 0.15) is 11.1 Å². The van der Waals surface area contributed by atoms with E-state index in [2.05, 4.69) is 10.6 Å². The summed E-state index contributed by atoms with van der Waals surface area (Å²) in [5.41, 5.74) is 2.47. The molecule has 0 aromatic heterocycles. The van der Waals surface area contributed by atoms with Crippen LogP contribution in [0.25, 0.3) is 6.08 Å². The lowest BCUT2D eigenvalue weighted by Gasteiger charge is -2.12. The van der Waals surface area contributed by atoms with Crippen molar-refractivity contribution in [2.45, 2.75) is 6.92 Å². The van der Waals surface area contributed by atoms with Gasteiger partial charge in [0.25, 0.3) is 11.8 Å². The first kappa shape index (κ1) is 24.4. The van der Waals surface area contributed by atoms with Gasteiger partial charge in [0.05, 0.1) is 7.11 Å². The summed E-state index contributed by atoms with van der Waals surface area (Å²) in [6, 6.07) is 20.9. The van der Waals surface area contributed by atoms with Crippen molar-refractivity contribution >= 4 is 40.9 Å². The zero-order valence-corrected chi connectivity index (χ0v) is 19.3. The van der Waals surface area contributed by atoms with Gasteiger partial charge in [-0.3, -0.25) is 9.59 Å². The molecule has 0 radical (unpaired) electrons. The lowest BCUT2D eigenvalue weighted by molar-refractivity contribution is -0.118. The van der Waals surface area contributed by atoms with Crippen molar-refractivity contribution < 1.29 is 19.1 Å². The number of carbonyl (C=O) groups is 2. The van der Waals surface area contributed by atoms with Gasteiger partial charge in [0, 0.05) is 16.4 Å². The van der Waals surface area contributed by atoms with Crippen LogP contribution in [-0.2, 0) is 9.59 Å². The predicted octanol–water partition coefficient (Wildman–Crippen LogP) is 5.22. The van der Waals surface area contributed by atoms with Gasteiger partial charge in [-0.1, -0.05) is 35.9 Å². The van der Waals surface area contributed by atoms with Gasteiger partial charge in [0.15, 0.2) is 18.1 Å². The molecular weight excluding hydrogens is 454 g/mol. The van der Waals surface area contributed by atoms with E-state index in [4.69, 9.17) is 21.1 Å². The van der Waals surface area contributed by atoms with E-state index >= 15 is 0 Å². The second-order valence-corrected chi connectivity index (χ2v) is 7.63. The van der Waals surface area contributed by atoms with Gasteiger partial charge in [-0.15, -0.1) is 0 Å². The summed E-state index contributed by atoms with van der Waals surface area (Å²) in [5.74, 6) is -0.168. The average molecular weight is 476 g/mol. The Bertz CT molecular complexity index is 1270. The van der Waals surface area contributed by atoms with Gasteiger partial charge in [-0.2, -0.15) is 5.26 Å². The molecule has 172 valence electrons. The quantitative estimate of drug-likeness (QED) is 0.343. The first-order valence-electron chi connectivity index (χ1n) is 10.2. The van der Waals surface area contributed by atoms with E-state index in [0.29, 0.717) is 33.5 Å². The van der Waals surface area contributed by atoms with Crippen LogP contribution >= 0.6 is 11.6 Å². The molecule has 34 heavy (non-hydrogen) atoms. The molecule has 0 aliphatic heterocycles. The maximum Gasteiger partial charge on any atom is 0.266 e. The summed E-state index contributed by atoms with van der Waals surface area (Å²) >= 11 is 5.95. The number of amides is 2. The van der Waals surface area contributed by atoms with Crippen LogP contribution in [0.4, 0.5) is 11.4 Å². The molecule has 0 atom stereocenters. The van der Waals surface area contributed by atoms with Crippen LogP contribution in [0, 0.1) is 18.3 Å². The highest BCUT2D eigenvalue weighted by atomic mass is 35.5. The van der Waals surface area contributed by atoms with Crippen molar-refractivity contribution in [3.8, 4) is 17.6 Å². The molecule has 0 heterocycles. The van der Waals surface area contributed by atoms with Crippen LogP contribution in [0.3, 0.4) is 0 Å². The van der Waals surface area contributed by atoms with E-state index in [0.717, 1.165) is 5.56 Å². The SMILES string of the molecule is COc1cc(/C=C(\C#N)C(=O)Nc2ccc(Cl)cc2C)ccc1OCC(=O)Nc1ccccc1. The standard InChI is InChI=1S/C26H22ClN3O4/c1-17-12-20(27)9-10-22(17)30-26(32)19(15-28)13-18-8-11-23(24(14-18)33-2)34-16-25(31)29-21-6-4-3-5-7-21/h3-14H,16H2,1-2H3,(H,29,31)(H,30,32)/b19-13+. The predicted molar refractivity (Wildman–Crippen MR) is 132 cm³/mol. The molecule has 8 heteroatoms. The molecule has 2 N–H and O–H groups in total. The van der Waals surface area contributed by atoms with Gasteiger partial charge >= 0.3 is 0 Å². The van der Waals surface area contributed by atoms with Crippen molar-refractivity contribution in [2.75, 3.05) is 24.4 Å². The number of para-hydroxylation sites is 1. The Balaban J connectivity index is 1.69. The zero-order chi connectivity index (χ0) is 24.5. The summed E-state index contributed by atoms with van der Waals surface area (Å²) in [6.07, 6.45) is 1.44. The molecular formula is C26H22ClN3O4. The molecule has 0 fully saturated rings. The fourth-order valence-electron chi connectivity index (χ4n) is 3.03. The first-order valence-corrected chi connectivity index (χ1v) is 10.6. The summed E-state index contributed by atoms with van der Waals surface area (Å²) in [7, 11) is 1.46. The third kappa shape index (κ3) is 6.61. The van der Waals surface area contributed by atoms with E-state index < -0.39 is 5.91 Å². The van der Waals surface area contributed by atoms with Gasteiger partial charge in [0.2, 0.25) is 0 Å². The number of methoxy groups -OCH3 is 1.